The molecule has 0 radical (unpaired) electrons. The molecule has 6 aromatic carbocycles. The minimum absolute atomic E-state index is 0.0834. The molecule has 0 spiro atoms. The molecule has 0 bridgehead atoms. The third-order valence-corrected chi connectivity index (χ3v) is 11.8. The fraction of sp³-hybridized carbons (Fsp3) is 0.200. The van der Waals surface area contributed by atoms with Crippen LogP contribution in [0.25, 0.3) is 0 Å². The maximum absolute atomic E-state index is 12.9. The van der Waals surface area contributed by atoms with Crippen LogP contribution >= 0.6 is 0 Å². The number of hydrogen-bond donors (Lipinski definition) is 15. The van der Waals surface area contributed by atoms with Crippen LogP contribution in [0.2, 0.25) is 0 Å². The van der Waals surface area contributed by atoms with Crippen molar-refractivity contribution in [2.75, 3.05) is 0 Å². The van der Waals surface area contributed by atoms with Gasteiger partial charge in [0.2, 0.25) is 0 Å². The molecule has 6 aromatic rings. The molecule has 15 N–H and O–H groups in total. The Morgan fingerprint density at radius 2 is 0.857 bits per heavy atom. The molecule has 0 aromatic heterocycles. The summed E-state index contributed by atoms with van der Waals surface area (Å²) in [6.45, 7) is 0. The van der Waals surface area contributed by atoms with Crippen LogP contribution in [0.15, 0.2) is 78.9 Å². The second kappa shape index (κ2) is 14.7. The van der Waals surface area contributed by atoms with Crippen molar-refractivity contribution in [2.45, 2.75) is 54.9 Å². The summed E-state index contributed by atoms with van der Waals surface area (Å²) in [5.41, 5.74) is -0.716. The standard InChI is InChI=1S/C45H38O18/c46-18-2-4-20-30(12-18)61-43(16-8-25(50)37(56)26(51)9-16)40(59)32(20)34-36(55)22-14-29(54)42(15-1-6-23(48)24(49)7-15)63-45(22)35(39(34)58)33-21-5-3-19(47)13-31(21)62-44(41(33)60)17-10-27(52)38(57)28(53)11-17/h1-13,29,32-33,40-44,46-60H,14H2/t29-,32+,33+,40+,41+,42+,43+,44+/m0/s1. The van der Waals surface area contributed by atoms with E-state index in [0.29, 0.717) is 0 Å². The monoisotopic (exact) mass is 866 g/mol. The highest BCUT2D eigenvalue weighted by Crippen LogP contribution is 2.61. The Morgan fingerprint density at radius 3 is 1.33 bits per heavy atom. The number of aromatic hydroxyl groups is 12. The fourth-order valence-electron chi connectivity index (χ4n) is 8.89. The molecule has 18 nitrogen and oxygen atoms in total. The maximum Gasteiger partial charge on any atom is 0.200 e. The molecule has 0 amide bonds. The van der Waals surface area contributed by atoms with E-state index in [-0.39, 0.29) is 67.7 Å². The number of aliphatic hydroxyl groups is 3. The van der Waals surface area contributed by atoms with Crippen LogP contribution < -0.4 is 14.2 Å². The summed E-state index contributed by atoms with van der Waals surface area (Å²) in [7, 11) is 0. The number of fused-ring (bicyclic) bond motifs is 3. The molecule has 8 atom stereocenters. The van der Waals surface area contributed by atoms with E-state index in [2.05, 4.69) is 0 Å². The van der Waals surface area contributed by atoms with Crippen LogP contribution in [0.1, 0.15) is 74.7 Å². The highest BCUT2D eigenvalue weighted by molar-refractivity contribution is 5.70. The lowest BCUT2D eigenvalue weighted by atomic mass is 9.73. The van der Waals surface area contributed by atoms with Gasteiger partial charge in [-0.1, -0.05) is 18.2 Å². The van der Waals surface area contributed by atoms with E-state index in [9.17, 15) is 76.6 Å². The Morgan fingerprint density at radius 1 is 0.397 bits per heavy atom. The number of benzene rings is 6. The maximum atomic E-state index is 12.9. The van der Waals surface area contributed by atoms with Gasteiger partial charge in [0, 0.05) is 69.3 Å². The average molecular weight is 867 g/mol. The topological polar surface area (TPSA) is 331 Å². The normalized spacial score (nSPS) is 23.6. The zero-order valence-electron chi connectivity index (χ0n) is 32.3. The van der Waals surface area contributed by atoms with E-state index >= 15 is 0 Å². The molecule has 0 fully saturated rings. The lowest BCUT2D eigenvalue weighted by Gasteiger charge is -2.42. The van der Waals surface area contributed by atoms with Crippen molar-refractivity contribution < 1.29 is 90.8 Å². The first kappa shape index (κ1) is 40.6. The van der Waals surface area contributed by atoms with Crippen LogP contribution in [0.3, 0.4) is 0 Å². The zero-order valence-corrected chi connectivity index (χ0v) is 32.3. The highest BCUT2D eigenvalue weighted by atomic mass is 16.5. The SMILES string of the molecule is Oc1ccc2c(c1)O[C@H](c1cc(O)c(O)c(O)c1)[C@H](O)[C@H]2c1c(O)c2c(c([C@H]3c4ccc(O)cc4O[C@H](c4cc(O)c(O)c(O)c4)[C@@H]3O)c1O)O[C@H](c1ccc(O)c(O)c1)[C@@H](O)C2. The number of ether oxygens (including phenoxy) is 3. The van der Waals surface area contributed by atoms with E-state index in [1.807, 2.05) is 0 Å². The van der Waals surface area contributed by atoms with Gasteiger partial charge < -0.3 is 90.8 Å². The number of rotatable bonds is 5. The lowest BCUT2D eigenvalue weighted by Crippen LogP contribution is -2.38. The molecule has 3 aliphatic heterocycles. The second-order valence-electron chi connectivity index (χ2n) is 15.7. The van der Waals surface area contributed by atoms with Gasteiger partial charge in [-0.2, -0.15) is 0 Å². The van der Waals surface area contributed by atoms with Crippen molar-refractivity contribution >= 4 is 0 Å². The second-order valence-corrected chi connectivity index (χ2v) is 15.7. The van der Waals surface area contributed by atoms with Crippen molar-refractivity contribution in [1.29, 1.82) is 0 Å². The van der Waals surface area contributed by atoms with Gasteiger partial charge in [0.25, 0.3) is 0 Å². The quantitative estimate of drug-likeness (QED) is 0.106. The summed E-state index contributed by atoms with van der Waals surface area (Å²) in [6.07, 6.45) is -10.1. The molecule has 0 saturated carbocycles. The number of phenolic OH excluding ortho intramolecular Hbond substituents is 12. The Kier molecular flexibility index (Phi) is 9.46. The van der Waals surface area contributed by atoms with Gasteiger partial charge in [0.15, 0.2) is 58.2 Å². The number of hydrogen-bond acceptors (Lipinski definition) is 18. The predicted octanol–water partition coefficient (Wildman–Crippen LogP) is 4.44. The van der Waals surface area contributed by atoms with Gasteiger partial charge in [-0.3, -0.25) is 0 Å². The van der Waals surface area contributed by atoms with Gasteiger partial charge in [-0.05, 0) is 54.1 Å². The van der Waals surface area contributed by atoms with E-state index in [1.54, 1.807) is 0 Å². The van der Waals surface area contributed by atoms with Gasteiger partial charge in [-0.15, -0.1) is 0 Å². The summed E-state index contributed by atoms with van der Waals surface area (Å²) in [5.74, 6) is -11.6. The minimum Gasteiger partial charge on any atom is -0.508 e. The van der Waals surface area contributed by atoms with Crippen LogP contribution in [0.5, 0.6) is 86.2 Å². The molecule has 3 aliphatic rings. The summed E-state index contributed by atoms with van der Waals surface area (Å²) < 4.78 is 18.7. The van der Waals surface area contributed by atoms with Gasteiger partial charge in [0.1, 0.15) is 58.6 Å². The molecule has 63 heavy (non-hydrogen) atoms. The van der Waals surface area contributed by atoms with Crippen molar-refractivity contribution in [3.05, 3.63) is 123 Å². The van der Waals surface area contributed by atoms with Gasteiger partial charge in [-0.25, -0.2) is 0 Å². The molecular weight excluding hydrogens is 828 g/mol. The fourth-order valence-corrected chi connectivity index (χ4v) is 8.89. The van der Waals surface area contributed by atoms with E-state index in [0.717, 1.165) is 36.4 Å². The number of phenols is 12. The molecule has 0 saturated heterocycles. The summed E-state index contributed by atoms with van der Waals surface area (Å²) >= 11 is 0. The first-order chi connectivity index (χ1) is 29.9. The Balaban J connectivity index is 1.32. The molecule has 326 valence electrons. The first-order valence-corrected chi connectivity index (χ1v) is 19.3. The Bertz CT molecular complexity index is 2800. The van der Waals surface area contributed by atoms with E-state index in [4.69, 9.17) is 14.2 Å². The lowest BCUT2D eigenvalue weighted by molar-refractivity contribution is 0.000294. The van der Waals surface area contributed by atoms with Gasteiger partial charge in [0.05, 0.1) is 6.10 Å². The van der Waals surface area contributed by atoms with Crippen LogP contribution in [0.4, 0.5) is 0 Å². The van der Waals surface area contributed by atoms with Crippen LogP contribution in [0, 0.1) is 0 Å². The van der Waals surface area contributed by atoms with Gasteiger partial charge >= 0.3 is 0 Å². The average Bonchev–Trinajstić information content (AvgIpc) is 3.23. The molecular formula is C45H38O18. The zero-order chi connectivity index (χ0) is 44.9. The van der Waals surface area contributed by atoms with Crippen LogP contribution in [-0.2, 0) is 6.42 Å². The molecule has 0 aliphatic carbocycles. The summed E-state index contributed by atoms with van der Waals surface area (Å²) in [4.78, 5) is 0. The third-order valence-electron chi connectivity index (χ3n) is 11.8. The first-order valence-electron chi connectivity index (χ1n) is 19.3. The van der Waals surface area contributed by atoms with Crippen molar-refractivity contribution in [3.8, 4) is 86.2 Å². The molecule has 18 heteroatoms. The minimum atomic E-state index is -1.84. The third kappa shape index (κ3) is 6.46. The molecule has 3 heterocycles. The smallest absolute Gasteiger partial charge is 0.200 e. The number of aliphatic hydroxyl groups excluding tert-OH is 3. The Labute approximate surface area is 354 Å². The Hall–Kier alpha value is -7.80. The largest absolute Gasteiger partial charge is 0.508 e. The van der Waals surface area contributed by atoms with Crippen molar-refractivity contribution in [2.24, 2.45) is 0 Å². The summed E-state index contributed by atoms with van der Waals surface area (Å²) in [5, 5.41) is 165. The molecule has 9 rings (SSSR count). The summed E-state index contributed by atoms with van der Waals surface area (Å²) in [6, 6.07) is 15.2. The van der Waals surface area contributed by atoms with E-state index < -0.39 is 118 Å². The van der Waals surface area contributed by atoms with E-state index in [1.165, 1.54) is 42.5 Å². The highest BCUT2D eigenvalue weighted by Gasteiger charge is 2.49. The predicted molar refractivity (Wildman–Crippen MR) is 214 cm³/mol. The van der Waals surface area contributed by atoms with Crippen molar-refractivity contribution in [1.82, 2.24) is 0 Å². The molecule has 0 unspecified atom stereocenters. The van der Waals surface area contributed by atoms with Crippen molar-refractivity contribution in [3.63, 3.8) is 0 Å². The van der Waals surface area contributed by atoms with Crippen LogP contribution in [-0.4, -0.2) is 94.9 Å².